The maximum absolute atomic E-state index is 6.28. The van der Waals surface area contributed by atoms with Gasteiger partial charge in [0.15, 0.2) is 57.0 Å². The fourth-order valence-corrected chi connectivity index (χ4v) is 9.07. The third kappa shape index (κ3) is 12.9. The number of ether oxygens (including phenoxy) is 6. The number of unbranched alkanes of at least 4 members (excludes halogenated alkanes) is 3. The molecule has 0 fully saturated rings. The summed E-state index contributed by atoms with van der Waals surface area (Å²) in [5, 5.41) is 7.79. The van der Waals surface area contributed by atoms with Gasteiger partial charge in [0.2, 0.25) is 11.5 Å². The Hall–Kier alpha value is -6.14. The Morgan fingerprint density at radius 1 is 0.544 bits per heavy atom. The van der Waals surface area contributed by atoms with Crippen LogP contribution < -0.4 is 50.5 Å². The molecule has 6 aromatic rings. The van der Waals surface area contributed by atoms with Crippen LogP contribution in [0.2, 0.25) is 0 Å². The van der Waals surface area contributed by atoms with E-state index < -0.39 is 0 Å². The molecule has 4 aromatic heterocycles. The monoisotopic (exact) mass is 939 g/mol. The summed E-state index contributed by atoms with van der Waals surface area (Å²) in [6.07, 6.45) is 16.2. The molecule has 6 rings (SSSR count). The lowest BCUT2D eigenvalue weighted by molar-refractivity contribution is 0.324. The highest BCUT2D eigenvalue weighted by molar-refractivity contribution is 5.82. The van der Waals surface area contributed by atoms with Crippen molar-refractivity contribution in [1.29, 1.82) is 0 Å². The van der Waals surface area contributed by atoms with Gasteiger partial charge < -0.3 is 59.7 Å². The van der Waals surface area contributed by atoms with Crippen molar-refractivity contribution in [2.45, 2.75) is 135 Å². The van der Waals surface area contributed by atoms with Gasteiger partial charge in [-0.1, -0.05) is 32.6 Å². The number of aryl methyl sites for hydroxylation is 2. The lowest BCUT2D eigenvalue weighted by atomic mass is 10.0. The van der Waals surface area contributed by atoms with Crippen LogP contribution in [-0.4, -0.2) is 106 Å². The average molecular weight is 939 g/mol. The average Bonchev–Trinajstić information content (AvgIpc) is 3.88. The molecule has 0 amide bonds. The number of nitrogen functional groups attached to an aromatic ring is 2. The Bertz CT molecular complexity index is 2480. The van der Waals surface area contributed by atoms with E-state index in [0.717, 1.165) is 105 Å². The third-order valence-corrected chi connectivity index (χ3v) is 12.6. The molecule has 18 heteroatoms. The summed E-state index contributed by atoms with van der Waals surface area (Å²) in [6.45, 7) is 9.41. The molecular formula is C50H74N12O6. The SMILES string of the molecule is CCCCC(CCCNC(C)CCCCn1c(Cc2cc(OC)c(OC)c(OC)c2)nc2c(N)ncnc21)NC(C)CCCCn1c(Cc2cc(OC)c(OC)c(OC)c2)nc2c(N)ncnc21. The quantitative estimate of drug-likeness (QED) is 0.0318. The number of nitrogens with one attached hydrogen (secondary N) is 2. The molecule has 3 atom stereocenters. The minimum Gasteiger partial charge on any atom is -0.493 e. The lowest BCUT2D eigenvalue weighted by Gasteiger charge is -2.24. The van der Waals surface area contributed by atoms with Gasteiger partial charge in [-0.25, -0.2) is 29.9 Å². The predicted molar refractivity (Wildman–Crippen MR) is 268 cm³/mol. The molecule has 3 unspecified atom stereocenters. The van der Waals surface area contributed by atoms with Gasteiger partial charge in [-0.2, -0.15) is 0 Å². The smallest absolute Gasteiger partial charge is 0.203 e. The number of nitrogens with zero attached hydrogens (tertiary/aromatic N) is 8. The molecule has 2 aromatic carbocycles. The molecule has 0 saturated heterocycles. The van der Waals surface area contributed by atoms with E-state index in [4.69, 9.17) is 49.9 Å². The number of fused-ring (bicyclic) bond motifs is 2. The van der Waals surface area contributed by atoms with E-state index >= 15 is 0 Å². The van der Waals surface area contributed by atoms with Gasteiger partial charge in [0.1, 0.15) is 24.3 Å². The Morgan fingerprint density at radius 2 is 0.985 bits per heavy atom. The van der Waals surface area contributed by atoms with Crippen LogP contribution in [0.4, 0.5) is 11.6 Å². The van der Waals surface area contributed by atoms with Crippen LogP contribution in [0.1, 0.15) is 114 Å². The molecule has 0 bridgehead atoms. The van der Waals surface area contributed by atoms with Crippen molar-refractivity contribution in [1.82, 2.24) is 49.7 Å². The molecular weight excluding hydrogens is 865 g/mol. The fourth-order valence-electron chi connectivity index (χ4n) is 9.07. The normalized spacial score (nSPS) is 12.9. The van der Waals surface area contributed by atoms with E-state index in [2.05, 4.69) is 60.5 Å². The van der Waals surface area contributed by atoms with Gasteiger partial charge >= 0.3 is 0 Å². The maximum atomic E-state index is 6.28. The second-order valence-electron chi connectivity index (χ2n) is 17.5. The minimum atomic E-state index is 0.373. The van der Waals surface area contributed by atoms with Crippen molar-refractivity contribution in [2.75, 3.05) is 60.7 Å². The van der Waals surface area contributed by atoms with Crippen molar-refractivity contribution in [3.8, 4) is 34.5 Å². The van der Waals surface area contributed by atoms with Crippen LogP contribution in [0.3, 0.4) is 0 Å². The number of rotatable bonds is 30. The molecule has 0 aliphatic heterocycles. The molecule has 68 heavy (non-hydrogen) atoms. The Balaban J connectivity index is 0.957. The fraction of sp³-hybridized carbons (Fsp3) is 0.560. The van der Waals surface area contributed by atoms with E-state index in [0.29, 0.717) is 88.1 Å². The first-order chi connectivity index (χ1) is 33.0. The molecule has 6 N–H and O–H groups in total. The predicted octanol–water partition coefficient (Wildman–Crippen LogP) is 7.70. The first-order valence-corrected chi connectivity index (χ1v) is 24.0. The highest BCUT2D eigenvalue weighted by atomic mass is 16.5. The van der Waals surface area contributed by atoms with Gasteiger partial charge in [-0.15, -0.1) is 0 Å². The number of benzene rings is 2. The molecule has 0 aliphatic carbocycles. The second kappa shape index (κ2) is 25.3. The maximum Gasteiger partial charge on any atom is 0.203 e. The van der Waals surface area contributed by atoms with E-state index in [1.807, 2.05) is 24.3 Å². The highest BCUT2D eigenvalue weighted by Gasteiger charge is 2.21. The van der Waals surface area contributed by atoms with Crippen LogP contribution in [0.25, 0.3) is 22.3 Å². The van der Waals surface area contributed by atoms with Crippen molar-refractivity contribution in [3.63, 3.8) is 0 Å². The zero-order valence-corrected chi connectivity index (χ0v) is 41.7. The lowest BCUT2D eigenvalue weighted by Crippen LogP contribution is -2.37. The second-order valence-corrected chi connectivity index (χ2v) is 17.5. The summed E-state index contributed by atoms with van der Waals surface area (Å²) in [4.78, 5) is 27.4. The van der Waals surface area contributed by atoms with E-state index in [-0.39, 0.29) is 0 Å². The first kappa shape index (κ1) is 51.3. The summed E-state index contributed by atoms with van der Waals surface area (Å²) < 4.78 is 37.9. The molecule has 0 aliphatic rings. The van der Waals surface area contributed by atoms with Crippen LogP contribution in [0.5, 0.6) is 34.5 Å². The summed E-state index contributed by atoms with van der Waals surface area (Å²) in [6, 6.07) is 9.12. The Morgan fingerprint density at radius 3 is 1.41 bits per heavy atom. The zero-order valence-electron chi connectivity index (χ0n) is 41.7. The minimum absolute atomic E-state index is 0.373. The largest absolute Gasteiger partial charge is 0.493 e. The summed E-state index contributed by atoms with van der Waals surface area (Å²) >= 11 is 0. The van der Waals surface area contributed by atoms with Crippen LogP contribution in [0.15, 0.2) is 36.9 Å². The molecule has 0 saturated carbocycles. The first-order valence-electron chi connectivity index (χ1n) is 24.0. The van der Waals surface area contributed by atoms with Gasteiger partial charge in [0.25, 0.3) is 0 Å². The van der Waals surface area contributed by atoms with Gasteiger partial charge in [-0.05, 0) is 101 Å². The molecule has 18 nitrogen and oxygen atoms in total. The number of hydrogen-bond donors (Lipinski definition) is 4. The Kier molecular flexibility index (Phi) is 19.1. The third-order valence-electron chi connectivity index (χ3n) is 12.6. The van der Waals surface area contributed by atoms with E-state index in [1.165, 1.54) is 31.9 Å². The standard InChI is InChI=1S/C50H74N12O6/c1-10-11-19-36(58-33(3)18-13-15-23-62-42(60-44-48(52)55-31-57-50(44)62)29-35-26-39(65-6)46(68-9)40(27-35)66-7)20-16-21-53-32(2)17-12-14-22-61-41(59-43-47(51)54-30-56-49(43)61)28-34-24-37(63-4)45(67-8)38(25-34)64-5/h24-27,30-33,36,53,58H,10-23,28-29H2,1-9H3,(H2,51,54,56)(H2,52,55,57). The van der Waals surface area contributed by atoms with Gasteiger partial charge in [0.05, 0.1) is 42.7 Å². The van der Waals surface area contributed by atoms with Crippen molar-refractivity contribution >= 4 is 34.0 Å². The van der Waals surface area contributed by atoms with Gasteiger partial charge in [-0.3, -0.25) is 0 Å². The summed E-state index contributed by atoms with van der Waals surface area (Å²) in [5.74, 6) is 5.97. The highest BCUT2D eigenvalue weighted by Crippen LogP contribution is 2.40. The zero-order chi connectivity index (χ0) is 48.6. The van der Waals surface area contributed by atoms with E-state index in [1.54, 1.807) is 42.7 Å². The molecule has 370 valence electrons. The van der Waals surface area contributed by atoms with Crippen molar-refractivity contribution in [3.05, 3.63) is 59.7 Å². The topological polar surface area (TPSA) is 219 Å². The molecule has 0 spiro atoms. The van der Waals surface area contributed by atoms with Gasteiger partial charge in [0, 0.05) is 44.1 Å². The number of methoxy groups -OCH3 is 6. The number of hydrogen-bond acceptors (Lipinski definition) is 16. The molecule has 4 heterocycles. The summed E-state index contributed by atoms with van der Waals surface area (Å²) in [5.41, 5.74) is 17.2. The number of nitrogens with two attached hydrogens (primary N) is 2. The van der Waals surface area contributed by atoms with E-state index in [9.17, 15) is 0 Å². The van der Waals surface area contributed by atoms with Crippen molar-refractivity contribution < 1.29 is 28.4 Å². The van der Waals surface area contributed by atoms with Crippen LogP contribution in [-0.2, 0) is 25.9 Å². The number of aromatic nitrogens is 8. The summed E-state index contributed by atoms with van der Waals surface area (Å²) in [7, 11) is 9.68. The van der Waals surface area contributed by atoms with Crippen LogP contribution in [0, 0.1) is 0 Å². The molecule has 0 radical (unpaired) electrons. The van der Waals surface area contributed by atoms with Crippen LogP contribution >= 0.6 is 0 Å². The van der Waals surface area contributed by atoms with Crippen molar-refractivity contribution in [2.24, 2.45) is 0 Å². The number of imidazole rings is 2. The Labute approximate surface area is 401 Å². The number of anilines is 2.